The predicted molar refractivity (Wildman–Crippen MR) is 140 cm³/mol. The first-order valence-corrected chi connectivity index (χ1v) is 12.6. The zero-order valence-electron chi connectivity index (χ0n) is 21.4. The second-order valence-electron chi connectivity index (χ2n) is 9.43. The number of rotatable bonds is 4. The summed E-state index contributed by atoms with van der Waals surface area (Å²) >= 11 is 12.7. The lowest BCUT2D eigenvalue weighted by Gasteiger charge is -2.42. The molecular formula is C28H25Cl2NO7. The van der Waals surface area contributed by atoms with Crippen LogP contribution in [-0.2, 0) is 14.3 Å². The molecule has 38 heavy (non-hydrogen) atoms. The first-order chi connectivity index (χ1) is 18.1. The highest BCUT2D eigenvalue weighted by molar-refractivity contribution is 6.36. The molecule has 10 heteroatoms. The van der Waals surface area contributed by atoms with Gasteiger partial charge in [-0.15, -0.1) is 0 Å². The van der Waals surface area contributed by atoms with Crippen LogP contribution in [0.15, 0.2) is 52.9 Å². The largest absolute Gasteiger partial charge is 0.496 e. The summed E-state index contributed by atoms with van der Waals surface area (Å²) in [5.41, 5.74) is 0.481. The van der Waals surface area contributed by atoms with Crippen LogP contribution in [0, 0.1) is 5.92 Å². The molecule has 0 saturated heterocycles. The first kappa shape index (κ1) is 26.1. The number of ketones is 2. The van der Waals surface area contributed by atoms with Gasteiger partial charge in [0, 0.05) is 39.9 Å². The van der Waals surface area contributed by atoms with Crippen LogP contribution < -0.4 is 19.5 Å². The molecule has 2 heterocycles. The molecule has 0 amide bonds. The molecule has 0 saturated carbocycles. The Bertz CT molecular complexity index is 1460. The second-order valence-corrected chi connectivity index (χ2v) is 10.2. The van der Waals surface area contributed by atoms with Gasteiger partial charge in [0.2, 0.25) is 17.2 Å². The molecule has 2 aliphatic heterocycles. The molecular weight excluding hydrogens is 533 g/mol. The summed E-state index contributed by atoms with van der Waals surface area (Å²) in [6.45, 7) is 3.53. The maximum Gasteiger partial charge on any atom is 0.336 e. The number of hydrogen-bond acceptors (Lipinski definition) is 8. The van der Waals surface area contributed by atoms with Gasteiger partial charge in [-0.25, -0.2) is 4.79 Å². The van der Waals surface area contributed by atoms with Crippen LogP contribution in [0.3, 0.4) is 0 Å². The van der Waals surface area contributed by atoms with Crippen molar-refractivity contribution in [3.63, 3.8) is 0 Å². The van der Waals surface area contributed by atoms with E-state index in [1.165, 1.54) is 27.4 Å². The van der Waals surface area contributed by atoms with E-state index in [0.29, 0.717) is 28.4 Å². The lowest BCUT2D eigenvalue weighted by atomic mass is 9.65. The van der Waals surface area contributed by atoms with E-state index in [1.807, 2.05) is 0 Å². The molecule has 0 aromatic heterocycles. The lowest BCUT2D eigenvalue weighted by molar-refractivity contribution is -0.136. The lowest BCUT2D eigenvalue weighted by Crippen LogP contribution is -2.58. The van der Waals surface area contributed by atoms with E-state index in [0.717, 1.165) is 0 Å². The number of methoxy groups -OCH3 is 3. The Morgan fingerprint density at radius 1 is 1.05 bits per heavy atom. The Kier molecular flexibility index (Phi) is 6.44. The molecule has 5 rings (SSSR count). The minimum atomic E-state index is -1.91. The van der Waals surface area contributed by atoms with Crippen LogP contribution in [0.2, 0.25) is 10.0 Å². The van der Waals surface area contributed by atoms with Gasteiger partial charge in [-0.2, -0.15) is 0 Å². The fourth-order valence-electron chi connectivity index (χ4n) is 5.64. The van der Waals surface area contributed by atoms with Crippen molar-refractivity contribution < 1.29 is 33.3 Å². The number of halogens is 2. The Morgan fingerprint density at radius 2 is 1.71 bits per heavy atom. The van der Waals surface area contributed by atoms with Crippen molar-refractivity contribution in [2.24, 2.45) is 5.92 Å². The minimum Gasteiger partial charge on any atom is -0.496 e. The van der Waals surface area contributed by atoms with E-state index >= 15 is 0 Å². The molecule has 1 spiro atoms. The van der Waals surface area contributed by atoms with Crippen molar-refractivity contribution in [2.45, 2.75) is 31.8 Å². The molecule has 8 nitrogen and oxygen atoms in total. The van der Waals surface area contributed by atoms with Crippen LogP contribution in [0.5, 0.6) is 17.2 Å². The molecule has 3 aliphatic rings. The third kappa shape index (κ3) is 3.54. The van der Waals surface area contributed by atoms with Crippen molar-refractivity contribution in [1.82, 2.24) is 5.32 Å². The Hall–Kier alpha value is -3.49. The van der Waals surface area contributed by atoms with Gasteiger partial charge in [0.1, 0.15) is 22.1 Å². The summed E-state index contributed by atoms with van der Waals surface area (Å²) in [7, 11) is 4.11. The molecule has 198 valence electrons. The van der Waals surface area contributed by atoms with Crippen LogP contribution >= 0.6 is 23.2 Å². The molecule has 3 atom stereocenters. The molecule has 2 aromatic carbocycles. The Morgan fingerprint density at radius 3 is 2.32 bits per heavy atom. The number of carbonyl (C=O) groups excluding carboxylic acids is 3. The fourth-order valence-corrected chi connectivity index (χ4v) is 6.03. The van der Waals surface area contributed by atoms with E-state index in [9.17, 15) is 14.4 Å². The number of nitrogens with one attached hydrogen (secondary N) is 1. The predicted octanol–water partition coefficient (Wildman–Crippen LogP) is 5.02. The molecule has 0 unspecified atom stereocenters. The van der Waals surface area contributed by atoms with Crippen molar-refractivity contribution in [2.75, 3.05) is 21.3 Å². The van der Waals surface area contributed by atoms with E-state index in [2.05, 4.69) is 5.32 Å². The summed E-state index contributed by atoms with van der Waals surface area (Å²) in [4.78, 5) is 41.7. The van der Waals surface area contributed by atoms with Crippen LogP contribution in [0.4, 0.5) is 0 Å². The summed E-state index contributed by atoms with van der Waals surface area (Å²) in [5, 5.41) is 3.79. The van der Waals surface area contributed by atoms with E-state index in [1.54, 1.807) is 38.1 Å². The summed E-state index contributed by atoms with van der Waals surface area (Å²) in [6.07, 6.45) is 0.299. The number of esters is 1. The molecule has 2 aromatic rings. The highest BCUT2D eigenvalue weighted by Crippen LogP contribution is 2.56. The van der Waals surface area contributed by atoms with Crippen molar-refractivity contribution in [3.05, 3.63) is 74.0 Å². The maximum absolute atomic E-state index is 14.6. The van der Waals surface area contributed by atoms with Gasteiger partial charge in [-0.1, -0.05) is 42.3 Å². The van der Waals surface area contributed by atoms with Crippen molar-refractivity contribution in [3.8, 4) is 17.2 Å². The average molecular weight is 558 g/mol. The van der Waals surface area contributed by atoms with Crippen molar-refractivity contribution in [1.29, 1.82) is 0 Å². The first-order valence-electron chi connectivity index (χ1n) is 11.9. The number of hydrogen-bond donors (Lipinski definition) is 1. The van der Waals surface area contributed by atoms with Gasteiger partial charge >= 0.3 is 5.97 Å². The standard InChI is InChI=1S/C28H25Cl2NO7/c1-12-10-16-21(20(14-6-8-15(29)9-7-14)19(13(2)31-16)27(34)37-5)25(32)28(12)26(33)22-17(35-3)11-18(36-4)23(30)24(22)38-28/h6-9,11-12,20,31H,10H2,1-5H3/t12-,20-,28+/m1/s1. The van der Waals surface area contributed by atoms with Crippen LogP contribution in [0.25, 0.3) is 0 Å². The third-order valence-electron chi connectivity index (χ3n) is 7.46. The van der Waals surface area contributed by atoms with E-state index < -0.39 is 35.0 Å². The summed E-state index contributed by atoms with van der Waals surface area (Å²) in [5.74, 6) is -2.66. The normalized spacial score (nSPS) is 24.1. The summed E-state index contributed by atoms with van der Waals surface area (Å²) in [6, 6.07) is 8.34. The number of allylic oxidation sites excluding steroid dienone is 2. The van der Waals surface area contributed by atoms with Crippen molar-refractivity contribution >= 4 is 40.7 Å². The van der Waals surface area contributed by atoms with Crippen LogP contribution in [0.1, 0.15) is 42.1 Å². The van der Waals surface area contributed by atoms with Gasteiger partial charge in [-0.05, 0) is 31.0 Å². The van der Waals surface area contributed by atoms with Crippen LogP contribution in [-0.4, -0.2) is 44.5 Å². The third-order valence-corrected chi connectivity index (χ3v) is 8.07. The number of fused-ring (bicyclic) bond motifs is 1. The Labute approximate surface area is 229 Å². The fraction of sp³-hybridized carbons (Fsp3) is 0.321. The van der Waals surface area contributed by atoms with Gasteiger partial charge in [0.15, 0.2) is 5.75 Å². The maximum atomic E-state index is 14.6. The summed E-state index contributed by atoms with van der Waals surface area (Å²) < 4.78 is 22.2. The number of benzene rings is 2. The van der Waals surface area contributed by atoms with E-state index in [4.69, 9.17) is 42.1 Å². The number of ether oxygens (including phenoxy) is 4. The number of dihydropyridines is 1. The molecule has 1 N–H and O–H groups in total. The quantitative estimate of drug-likeness (QED) is 0.413. The molecule has 0 radical (unpaired) electrons. The van der Waals surface area contributed by atoms with Gasteiger partial charge < -0.3 is 24.3 Å². The minimum absolute atomic E-state index is 0.0313. The SMILES string of the molecule is COC(=O)C1=C(C)NC2=C(C(=O)[C@@]3(Oc4c(Cl)c(OC)cc(OC)c4C3=O)[C@H](C)C2)[C@@H]1c1ccc(Cl)cc1. The Balaban J connectivity index is 1.71. The second kappa shape index (κ2) is 9.36. The smallest absolute Gasteiger partial charge is 0.336 e. The molecule has 0 bridgehead atoms. The monoisotopic (exact) mass is 557 g/mol. The van der Waals surface area contributed by atoms with Gasteiger partial charge in [0.05, 0.1) is 26.9 Å². The average Bonchev–Trinajstić information content (AvgIpc) is 3.22. The van der Waals surface area contributed by atoms with E-state index in [-0.39, 0.29) is 39.0 Å². The highest BCUT2D eigenvalue weighted by atomic mass is 35.5. The van der Waals surface area contributed by atoms with Gasteiger partial charge in [0.25, 0.3) is 0 Å². The molecule has 0 fully saturated rings. The zero-order chi connectivity index (χ0) is 27.5. The number of carbonyl (C=O) groups is 3. The highest BCUT2D eigenvalue weighted by Gasteiger charge is 2.63. The molecule has 1 aliphatic carbocycles. The zero-order valence-corrected chi connectivity index (χ0v) is 22.9. The topological polar surface area (TPSA) is 100 Å². The number of Topliss-reactive ketones (excluding diaryl/α,β-unsaturated/α-hetero) is 2. The van der Waals surface area contributed by atoms with Gasteiger partial charge in [-0.3, -0.25) is 9.59 Å².